The first-order chi connectivity index (χ1) is 13.1. The Kier molecular flexibility index (Phi) is 5.71. The van der Waals surface area contributed by atoms with E-state index >= 15 is 0 Å². The van der Waals surface area contributed by atoms with Gasteiger partial charge >= 0.3 is 6.03 Å². The Labute approximate surface area is 158 Å². The number of ether oxygens (including phenoxy) is 1. The number of imidazole rings is 1. The second-order valence-corrected chi connectivity index (χ2v) is 6.20. The molecule has 3 aromatic rings. The lowest BCUT2D eigenvalue weighted by Crippen LogP contribution is -2.40. The van der Waals surface area contributed by atoms with E-state index in [1.54, 1.807) is 19.5 Å². The highest BCUT2D eigenvalue weighted by molar-refractivity contribution is 5.75. The highest BCUT2D eigenvalue weighted by Crippen LogP contribution is 2.24. The van der Waals surface area contributed by atoms with Gasteiger partial charge in [-0.05, 0) is 36.8 Å². The average Bonchev–Trinajstić information content (AvgIpc) is 3.12. The molecule has 0 fully saturated rings. The Bertz CT molecular complexity index is 894. The fourth-order valence-electron chi connectivity index (χ4n) is 2.85. The van der Waals surface area contributed by atoms with E-state index in [0.29, 0.717) is 0 Å². The van der Waals surface area contributed by atoms with Crippen molar-refractivity contribution in [3.8, 4) is 5.75 Å². The summed E-state index contributed by atoms with van der Waals surface area (Å²) in [6.45, 7) is 1.89. The van der Waals surface area contributed by atoms with Gasteiger partial charge in [-0.2, -0.15) is 0 Å². The molecular formula is C20H23N5O2. The lowest BCUT2D eigenvalue weighted by atomic mass is 10.1. The van der Waals surface area contributed by atoms with Gasteiger partial charge in [0.2, 0.25) is 0 Å². The van der Waals surface area contributed by atoms with Gasteiger partial charge in [0.05, 0.1) is 18.8 Å². The van der Waals surface area contributed by atoms with Crippen LogP contribution in [-0.4, -0.2) is 27.7 Å². The van der Waals surface area contributed by atoms with Gasteiger partial charge in [-0.15, -0.1) is 0 Å². The van der Waals surface area contributed by atoms with Crippen LogP contribution in [-0.2, 0) is 7.05 Å². The Morgan fingerprint density at radius 2 is 1.96 bits per heavy atom. The van der Waals surface area contributed by atoms with Crippen LogP contribution in [0.5, 0.6) is 5.75 Å². The summed E-state index contributed by atoms with van der Waals surface area (Å²) in [5, 5.41) is 5.94. The highest BCUT2D eigenvalue weighted by Gasteiger charge is 2.22. The number of aromatic nitrogens is 3. The first-order valence-electron chi connectivity index (χ1n) is 8.67. The lowest BCUT2D eigenvalue weighted by Gasteiger charge is -2.21. The molecule has 2 unspecified atom stereocenters. The zero-order valence-corrected chi connectivity index (χ0v) is 15.6. The smallest absolute Gasteiger partial charge is 0.316 e. The van der Waals surface area contributed by atoms with Gasteiger partial charge in [0.15, 0.2) is 0 Å². The Hall–Kier alpha value is -3.35. The number of rotatable bonds is 6. The minimum atomic E-state index is -0.420. The molecule has 0 aliphatic heterocycles. The molecule has 0 spiro atoms. The molecular weight excluding hydrogens is 342 g/mol. The highest BCUT2D eigenvalue weighted by atomic mass is 16.5. The average molecular weight is 365 g/mol. The first-order valence-corrected chi connectivity index (χ1v) is 8.67. The molecule has 27 heavy (non-hydrogen) atoms. The summed E-state index contributed by atoms with van der Waals surface area (Å²) in [6, 6.07) is 12.2. The number of nitrogens with one attached hydrogen (secondary N) is 2. The van der Waals surface area contributed by atoms with E-state index < -0.39 is 6.04 Å². The molecule has 0 radical (unpaired) electrons. The molecule has 3 rings (SSSR count). The molecule has 2 N–H and O–H groups in total. The molecule has 7 heteroatoms. The standard InChI is InChI=1S/C20H23N5O2/c1-14(17-9-4-5-10-21-17)23-20(26)24-18(19-22-11-12-25(19)2)15-7-6-8-16(13-15)27-3/h4-14,18H,1-3H3,(H2,23,24,26). The van der Waals surface area contributed by atoms with E-state index in [9.17, 15) is 4.79 Å². The maximum absolute atomic E-state index is 12.7. The third-order valence-corrected chi connectivity index (χ3v) is 4.30. The van der Waals surface area contributed by atoms with E-state index in [2.05, 4.69) is 20.6 Å². The molecule has 2 aromatic heterocycles. The number of amides is 2. The van der Waals surface area contributed by atoms with Crippen LogP contribution in [0.15, 0.2) is 61.1 Å². The van der Waals surface area contributed by atoms with Gasteiger partial charge in [0.1, 0.15) is 17.6 Å². The molecule has 0 bridgehead atoms. The fraction of sp³-hybridized carbons (Fsp3) is 0.250. The fourth-order valence-corrected chi connectivity index (χ4v) is 2.85. The van der Waals surface area contributed by atoms with Crippen molar-refractivity contribution in [2.45, 2.75) is 19.0 Å². The van der Waals surface area contributed by atoms with E-state index in [-0.39, 0.29) is 12.1 Å². The normalized spacial score (nSPS) is 12.9. The summed E-state index contributed by atoms with van der Waals surface area (Å²) in [5.74, 6) is 1.44. The van der Waals surface area contributed by atoms with Crippen LogP contribution >= 0.6 is 0 Å². The van der Waals surface area contributed by atoms with Crippen LogP contribution in [0.1, 0.15) is 36.1 Å². The number of methoxy groups -OCH3 is 1. The number of carbonyl (C=O) groups excluding carboxylic acids is 1. The quantitative estimate of drug-likeness (QED) is 0.704. The second-order valence-electron chi connectivity index (χ2n) is 6.20. The van der Waals surface area contributed by atoms with Crippen LogP contribution < -0.4 is 15.4 Å². The summed E-state index contributed by atoms with van der Waals surface area (Å²) >= 11 is 0. The molecule has 2 amide bonds. The summed E-state index contributed by atoms with van der Waals surface area (Å²) in [5.41, 5.74) is 1.67. The molecule has 2 heterocycles. The van der Waals surface area contributed by atoms with Gasteiger partial charge in [0, 0.05) is 25.6 Å². The minimum absolute atomic E-state index is 0.224. The monoisotopic (exact) mass is 365 g/mol. The van der Waals surface area contributed by atoms with Crippen LogP contribution in [0.4, 0.5) is 4.79 Å². The topological polar surface area (TPSA) is 81.1 Å². The molecule has 0 aliphatic carbocycles. The molecule has 0 aliphatic rings. The SMILES string of the molecule is COc1cccc(C(NC(=O)NC(C)c2ccccn2)c2nccn2C)c1. The van der Waals surface area contributed by atoms with Crippen molar-refractivity contribution in [2.24, 2.45) is 7.05 Å². The largest absolute Gasteiger partial charge is 0.497 e. The number of pyridine rings is 1. The third-order valence-electron chi connectivity index (χ3n) is 4.30. The molecule has 140 valence electrons. The van der Waals surface area contributed by atoms with Crippen molar-refractivity contribution in [3.63, 3.8) is 0 Å². The second kappa shape index (κ2) is 8.35. The summed E-state index contributed by atoms with van der Waals surface area (Å²) in [6.07, 6.45) is 5.26. The van der Waals surface area contributed by atoms with Crippen molar-refractivity contribution < 1.29 is 9.53 Å². The summed E-state index contributed by atoms with van der Waals surface area (Å²) in [4.78, 5) is 21.3. The van der Waals surface area contributed by atoms with Crippen molar-refractivity contribution in [2.75, 3.05) is 7.11 Å². The predicted octanol–water partition coefficient (Wildman–Crippen LogP) is 2.97. The number of nitrogens with zero attached hydrogens (tertiary/aromatic N) is 3. The zero-order valence-electron chi connectivity index (χ0n) is 15.6. The van der Waals surface area contributed by atoms with Crippen molar-refractivity contribution >= 4 is 6.03 Å². The van der Waals surface area contributed by atoms with Crippen molar-refractivity contribution in [1.29, 1.82) is 0 Å². The van der Waals surface area contributed by atoms with Crippen LogP contribution in [0, 0.1) is 0 Å². The number of aryl methyl sites for hydroxylation is 1. The number of hydrogen-bond acceptors (Lipinski definition) is 4. The third kappa shape index (κ3) is 4.44. The molecule has 2 atom stereocenters. The zero-order chi connectivity index (χ0) is 19.2. The van der Waals surface area contributed by atoms with Gasteiger partial charge in [-0.25, -0.2) is 9.78 Å². The van der Waals surface area contributed by atoms with E-state index in [4.69, 9.17) is 4.74 Å². The summed E-state index contributed by atoms with van der Waals surface area (Å²) < 4.78 is 7.20. The number of hydrogen-bond donors (Lipinski definition) is 2. The van der Waals surface area contributed by atoms with Gasteiger partial charge in [-0.1, -0.05) is 18.2 Å². The predicted molar refractivity (Wildman–Crippen MR) is 102 cm³/mol. The lowest BCUT2D eigenvalue weighted by molar-refractivity contribution is 0.235. The van der Waals surface area contributed by atoms with Crippen LogP contribution in [0.2, 0.25) is 0 Å². The Morgan fingerprint density at radius 1 is 1.11 bits per heavy atom. The molecule has 1 aromatic carbocycles. The summed E-state index contributed by atoms with van der Waals surface area (Å²) in [7, 11) is 3.51. The van der Waals surface area contributed by atoms with Crippen LogP contribution in [0.25, 0.3) is 0 Å². The van der Waals surface area contributed by atoms with Crippen molar-refractivity contribution in [3.05, 3.63) is 78.1 Å². The maximum Gasteiger partial charge on any atom is 0.316 e. The minimum Gasteiger partial charge on any atom is -0.497 e. The molecule has 0 saturated carbocycles. The molecule has 0 saturated heterocycles. The van der Waals surface area contributed by atoms with Crippen molar-refractivity contribution in [1.82, 2.24) is 25.2 Å². The number of urea groups is 1. The maximum atomic E-state index is 12.7. The van der Waals surface area contributed by atoms with Gasteiger partial charge < -0.3 is 19.9 Å². The van der Waals surface area contributed by atoms with Crippen LogP contribution in [0.3, 0.4) is 0 Å². The number of benzene rings is 1. The van der Waals surface area contributed by atoms with E-state index in [1.807, 2.05) is 67.2 Å². The van der Waals surface area contributed by atoms with E-state index in [0.717, 1.165) is 22.8 Å². The molecule has 7 nitrogen and oxygen atoms in total. The van der Waals surface area contributed by atoms with Gasteiger partial charge in [-0.3, -0.25) is 4.98 Å². The van der Waals surface area contributed by atoms with Gasteiger partial charge in [0.25, 0.3) is 0 Å². The number of carbonyl (C=O) groups is 1. The first kappa shape index (κ1) is 18.4. The Balaban J connectivity index is 1.81. The Morgan fingerprint density at radius 3 is 2.63 bits per heavy atom. The van der Waals surface area contributed by atoms with E-state index in [1.165, 1.54) is 0 Å².